The lowest BCUT2D eigenvalue weighted by atomic mass is 10.1. The molecular formula is C13H10F2N2S. The average molecular weight is 264 g/mol. The maximum Gasteiger partial charge on any atom is 0.149 e. The highest BCUT2D eigenvalue weighted by Gasteiger charge is 2.08. The molecule has 5 heteroatoms. The average Bonchev–Trinajstić information content (AvgIpc) is 2.33. The zero-order valence-electron chi connectivity index (χ0n) is 9.28. The fourth-order valence-corrected chi connectivity index (χ4v) is 1.72. The summed E-state index contributed by atoms with van der Waals surface area (Å²) < 4.78 is 26.3. The molecule has 0 aromatic heterocycles. The Balaban J connectivity index is 2.37. The van der Waals surface area contributed by atoms with E-state index in [2.05, 4.69) is 5.32 Å². The molecular weight excluding hydrogens is 254 g/mol. The maximum absolute atomic E-state index is 13.5. The maximum atomic E-state index is 13.5. The normalized spacial score (nSPS) is 10.1. The first-order valence-electron chi connectivity index (χ1n) is 5.19. The van der Waals surface area contributed by atoms with Crippen LogP contribution in [0, 0.1) is 11.6 Å². The van der Waals surface area contributed by atoms with E-state index in [1.165, 1.54) is 12.1 Å². The van der Waals surface area contributed by atoms with E-state index < -0.39 is 11.6 Å². The van der Waals surface area contributed by atoms with Gasteiger partial charge in [-0.2, -0.15) is 0 Å². The van der Waals surface area contributed by atoms with Crippen molar-refractivity contribution in [2.45, 2.75) is 0 Å². The molecule has 0 aliphatic carbocycles. The summed E-state index contributed by atoms with van der Waals surface area (Å²) in [4.78, 5) is 0.209. The van der Waals surface area contributed by atoms with Gasteiger partial charge in [-0.1, -0.05) is 24.4 Å². The van der Waals surface area contributed by atoms with Gasteiger partial charge < -0.3 is 11.1 Å². The minimum atomic E-state index is -0.673. The van der Waals surface area contributed by atoms with Gasteiger partial charge in [0.2, 0.25) is 0 Å². The number of hydrogen-bond donors (Lipinski definition) is 2. The summed E-state index contributed by atoms with van der Waals surface area (Å²) >= 11 is 4.90. The first-order chi connectivity index (χ1) is 8.58. The number of hydrogen-bond acceptors (Lipinski definition) is 2. The van der Waals surface area contributed by atoms with Crippen molar-refractivity contribution in [1.82, 2.24) is 0 Å². The third kappa shape index (κ3) is 2.62. The highest BCUT2D eigenvalue weighted by atomic mass is 32.1. The molecule has 0 heterocycles. The molecule has 0 saturated carbocycles. The summed E-state index contributed by atoms with van der Waals surface area (Å²) in [6.45, 7) is 0. The predicted molar refractivity (Wildman–Crippen MR) is 72.0 cm³/mol. The van der Waals surface area contributed by atoms with Gasteiger partial charge in [-0.25, -0.2) is 8.78 Å². The van der Waals surface area contributed by atoms with Crippen LogP contribution in [0.1, 0.15) is 5.56 Å². The molecule has 0 fully saturated rings. The van der Waals surface area contributed by atoms with Crippen molar-refractivity contribution in [2.24, 2.45) is 5.73 Å². The van der Waals surface area contributed by atoms with E-state index in [1.807, 2.05) is 0 Å². The third-order valence-electron chi connectivity index (χ3n) is 2.39. The number of nitrogens with two attached hydrogens (primary N) is 1. The summed E-state index contributed by atoms with van der Waals surface area (Å²) in [5.41, 5.74) is 6.92. The third-order valence-corrected chi connectivity index (χ3v) is 2.61. The molecule has 2 rings (SSSR count). The van der Waals surface area contributed by atoms with Crippen LogP contribution in [0.3, 0.4) is 0 Å². The van der Waals surface area contributed by atoms with Gasteiger partial charge >= 0.3 is 0 Å². The molecule has 3 N–H and O–H groups in total. The van der Waals surface area contributed by atoms with Crippen molar-refractivity contribution in [2.75, 3.05) is 5.32 Å². The summed E-state index contributed by atoms with van der Waals surface area (Å²) in [6, 6.07) is 10.3. The smallest absolute Gasteiger partial charge is 0.149 e. The molecule has 0 unspecified atom stereocenters. The van der Waals surface area contributed by atoms with E-state index in [0.29, 0.717) is 11.3 Å². The van der Waals surface area contributed by atoms with Crippen LogP contribution in [-0.2, 0) is 0 Å². The second kappa shape index (κ2) is 5.10. The number of anilines is 2. The van der Waals surface area contributed by atoms with Crippen LogP contribution >= 0.6 is 12.2 Å². The minimum absolute atomic E-state index is 0.167. The molecule has 0 saturated heterocycles. The number of para-hydroxylation sites is 1. The molecule has 2 aromatic rings. The molecule has 0 radical (unpaired) electrons. The van der Waals surface area contributed by atoms with E-state index in [4.69, 9.17) is 18.0 Å². The zero-order chi connectivity index (χ0) is 13.1. The van der Waals surface area contributed by atoms with E-state index in [0.717, 1.165) is 6.07 Å². The summed E-state index contributed by atoms with van der Waals surface area (Å²) in [5.74, 6) is -1.30. The Labute approximate surface area is 108 Å². The van der Waals surface area contributed by atoms with Gasteiger partial charge in [0.1, 0.15) is 16.6 Å². The Morgan fingerprint density at radius 2 is 1.78 bits per heavy atom. The van der Waals surface area contributed by atoms with Crippen LogP contribution < -0.4 is 11.1 Å². The quantitative estimate of drug-likeness (QED) is 0.835. The highest BCUT2D eigenvalue weighted by Crippen LogP contribution is 2.23. The largest absolute Gasteiger partial charge is 0.389 e. The molecule has 0 spiro atoms. The summed E-state index contributed by atoms with van der Waals surface area (Å²) in [5, 5.41) is 2.84. The lowest BCUT2D eigenvalue weighted by molar-refractivity contribution is 0.586. The van der Waals surface area contributed by atoms with Crippen LogP contribution in [0.4, 0.5) is 20.2 Å². The van der Waals surface area contributed by atoms with Crippen LogP contribution in [-0.4, -0.2) is 4.99 Å². The summed E-state index contributed by atoms with van der Waals surface area (Å²) in [6.07, 6.45) is 0. The van der Waals surface area contributed by atoms with Crippen LogP contribution in [0.5, 0.6) is 0 Å². The van der Waals surface area contributed by atoms with Crippen LogP contribution in [0.25, 0.3) is 0 Å². The fraction of sp³-hybridized carbons (Fsp3) is 0. The van der Waals surface area contributed by atoms with Crippen molar-refractivity contribution in [3.05, 3.63) is 59.7 Å². The second-order valence-corrected chi connectivity index (χ2v) is 4.10. The molecule has 0 bridgehead atoms. The molecule has 2 nitrogen and oxygen atoms in total. The second-order valence-electron chi connectivity index (χ2n) is 3.66. The number of thiocarbonyl (C=S) groups is 1. The van der Waals surface area contributed by atoms with Crippen LogP contribution in [0.15, 0.2) is 42.5 Å². The first kappa shape index (κ1) is 12.4. The standard InChI is InChI=1S/C13H10F2N2S/c14-8-5-6-12(10(15)7-8)17-11-4-2-1-3-9(11)13(16)18/h1-7,17H,(H2,16,18). The van der Waals surface area contributed by atoms with Gasteiger partial charge in [-0.15, -0.1) is 0 Å². The molecule has 18 heavy (non-hydrogen) atoms. The van der Waals surface area contributed by atoms with Crippen molar-refractivity contribution in [3.8, 4) is 0 Å². The lowest BCUT2D eigenvalue weighted by Gasteiger charge is -2.11. The Morgan fingerprint density at radius 3 is 2.44 bits per heavy atom. The monoisotopic (exact) mass is 264 g/mol. The zero-order valence-corrected chi connectivity index (χ0v) is 10.1. The predicted octanol–water partition coefficient (Wildman–Crippen LogP) is 3.34. The van der Waals surface area contributed by atoms with E-state index in [1.54, 1.807) is 24.3 Å². The van der Waals surface area contributed by atoms with Gasteiger partial charge in [0.05, 0.1) is 5.69 Å². The number of rotatable bonds is 3. The summed E-state index contributed by atoms with van der Waals surface area (Å²) in [7, 11) is 0. The first-order valence-corrected chi connectivity index (χ1v) is 5.59. The molecule has 0 aliphatic heterocycles. The van der Waals surface area contributed by atoms with E-state index in [9.17, 15) is 8.78 Å². The van der Waals surface area contributed by atoms with Gasteiger partial charge in [-0.3, -0.25) is 0 Å². The number of nitrogens with one attached hydrogen (secondary N) is 1. The Bertz CT molecular complexity index is 599. The topological polar surface area (TPSA) is 38.0 Å². The van der Waals surface area contributed by atoms with Gasteiger partial charge in [0.15, 0.2) is 0 Å². The van der Waals surface area contributed by atoms with Gasteiger partial charge in [-0.05, 0) is 24.3 Å². The van der Waals surface area contributed by atoms with Crippen molar-refractivity contribution < 1.29 is 8.78 Å². The van der Waals surface area contributed by atoms with Gasteiger partial charge in [0.25, 0.3) is 0 Å². The number of halogens is 2. The molecule has 0 atom stereocenters. The van der Waals surface area contributed by atoms with Crippen molar-refractivity contribution in [3.63, 3.8) is 0 Å². The van der Waals surface area contributed by atoms with Gasteiger partial charge in [0, 0.05) is 17.3 Å². The molecule has 0 aliphatic rings. The molecule has 92 valence electrons. The highest BCUT2D eigenvalue weighted by molar-refractivity contribution is 7.80. The van der Waals surface area contributed by atoms with Crippen molar-refractivity contribution in [1.29, 1.82) is 0 Å². The SMILES string of the molecule is NC(=S)c1ccccc1Nc1ccc(F)cc1F. The van der Waals surface area contributed by atoms with E-state index in [-0.39, 0.29) is 10.7 Å². The minimum Gasteiger partial charge on any atom is -0.389 e. The van der Waals surface area contributed by atoms with Crippen LogP contribution in [0.2, 0.25) is 0 Å². The van der Waals surface area contributed by atoms with E-state index >= 15 is 0 Å². The molecule has 0 amide bonds. The number of benzene rings is 2. The Hall–Kier alpha value is -2.01. The van der Waals surface area contributed by atoms with Crippen molar-refractivity contribution >= 4 is 28.6 Å². The Morgan fingerprint density at radius 1 is 1.06 bits per heavy atom. The lowest BCUT2D eigenvalue weighted by Crippen LogP contribution is -2.12. The molecule has 2 aromatic carbocycles. The Kier molecular flexibility index (Phi) is 3.53. The fourth-order valence-electron chi connectivity index (χ4n) is 1.54.